The molecule has 2 rings (SSSR count). The number of imidazole rings is 1. The Kier molecular flexibility index (Phi) is 3.38. The van der Waals surface area contributed by atoms with Gasteiger partial charge in [-0.1, -0.05) is 12.1 Å². The number of rotatable bonds is 3. The van der Waals surface area contributed by atoms with Gasteiger partial charge in [-0.15, -0.1) is 0 Å². The molecular weight excluding hydrogens is 245 g/mol. The van der Waals surface area contributed by atoms with Gasteiger partial charge in [-0.2, -0.15) is 13.2 Å². The second-order valence-corrected chi connectivity index (χ2v) is 3.75. The Hall–Kier alpha value is -1.82. The zero-order valence-electron chi connectivity index (χ0n) is 9.35. The van der Waals surface area contributed by atoms with E-state index in [-0.39, 0.29) is 6.61 Å². The maximum atomic E-state index is 12.6. The number of aliphatic hydroxyl groups is 1. The summed E-state index contributed by atoms with van der Waals surface area (Å²) in [6, 6.07) is 4.97. The standard InChI is InChI=1S/C12H11F3N2O/c13-12(14,15)10-3-1-2-9(8-10)11-16-4-5-17(11)6-7-18/h1-5,8,18H,6-7H2. The van der Waals surface area contributed by atoms with Gasteiger partial charge >= 0.3 is 6.18 Å². The molecule has 0 saturated heterocycles. The third kappa shape index (κ3) is 2.53. The Morgan fingerprint density at radius 2 is 2.06 bits per heavy atom. The summed E-state index contributed by atoms with van der Waals surface area (Å²) in [6.07, 6.45) is -1.26. The van der Waals surface area contributed by atoms with E-state index in [1.54, 1.807) is 16.8 Å². The van der Waals surface area contributed by atoms with Crippen LogP contribution in [0.3, 0.4) is 0 Å². The average Bonchev–Trinajstić information content (AvgIpc) is 2.77. The minimum Gasteiger partial charge on any atom is -0.395 e. The highest BCUT2D eigenvalue weighted by Gasteiger charge is 2.30. The monoisotopic (exact) mass is 256 g/mol. The minimum absolute atomic E-state index is 0.0949. The van der Waals surface area contributed by atoms with Crippen LogP contribution in [0, 0.1) is 0 Å². The number of aliphatic hydroxyl groups excluding tert-OH is 1. The fourth-order valence-corrected chi connectivity index (χ4v) is 1.69. The second kappa shape index (κ2) is 4.81. The van der Waals surface area contributed by atoms with Gasteiger partial charge in [0.05, 0.1) is 12.2 Å². The van der Waals surface area contributed by atoms with E-state index in [4.69, 9.17) is 5.11 Å². The Labute approximate surface area is 102 Å². The van der Waals surface area contributed by atoms with Crippen LogP contribution >= 0.6 is 0 Å². The highest BCUT2D eigenvalue weighted by Crippen LogP contribution is 2.31. The van der Waals surface area contributed by atoms with Crippen LogP contribution in [0.5, 0.6) is 0 Å². The summed E-state index contributed by atoms with van der Waals surface area (Å²) < 4.78 is 39.4. The van der Waals surface area contributed by atoms with E-state index in [2.05, 4.69) is 4.98 Å². The van der Waals surface area contributed by atoms with Crippen molar-refractivity contribution in [2.75, 3.05) is 6.61 Å². The van der Waals surface area contributed by atoms with Crippen LogP contribution in [0.15, 0.2) is 36.7 Å². The number of nitrogens with zero attached hydrogens (tertiary/aromatic N) is 2. The third-order valence-corrected chi connectivity index (χ3v) is 2.50. The lowest BCUT2D eigenvalue weighted by Gasteiger charge is -2.10. The predicted octanol–water partition coefficient (Wildman–Crippen LogP) is 2.56. The molecule has 1 heterocycles. The van der Waals surface area contributed by atoms with Crippen molar-refractivity contribution in [3.05, 3.63) is 42.2 Å². The number of hydrogen-bond donors (Lipinski definition) is 1. The molecule has 1 aromatic heterocycles. The molecule has 0 bridgehead atoms. The highest BCUT2D eigenvalue weighted by atomic mass is 19.4. The maximum absolute atomic E-state index is 12.6. The molecule has 6 heteroatoms. The lowest BCUT2D eigenvalue weighted by Crippen LogP contribution is -2.06. The molecular formula is C12H11F3N2O. The first-order chi connectivity index (χ1) is 8.52. The SMILES string of the molecule is OCCn1ccnc1-c1cccc(C(F)(F)F)c1. The fourth-order valence-electron chi connectivity index (χ4n) is 1.69. The van der Waals surface area contributed by atoms with E-state index >= 15 is 0 Å². The molecule has 0 spiro atoms. The number of benzene rings is 1. The van der Waals surface area contributed by atoms with Gasteiger partial charge < -0.3 is 9.67 Å². The van der Waals surface area contributed by atoms with Crippen molar-refractivity contribution in [3.8, 4) is 11.4 Å². The molecule has 0 saturated carbocycles. The van der Waals surface area contributed by atoms with E-state index < -0.39 is 11.7 Å². The summed E-state index contributed by atoms with van der Waals surface area (Å²) in [5.74, 6) is 0.412. The molecule has 0 fully saturated rings. The zero-order valence-corrected chi connectivity index (χ0v) is 9.35. The largest absolute Gasteiger partial charge is 0.416 e. The summed E-state index contributed by atoms with van der Waals surface area (Å²) in [7, 11) is 0. The van der Waals surface area contributed by atoms with Crippen LogP contribution in [-0.2, 0) is 12.7 Å². The van der Waals surface area contributed by atoms with Crippen LogP contribution in [0.4, 0.5) is 13.2 Å². The first kappa shape index (κ1) is 12.6. The van der Waals surface area contributed by atoms with E-state index in [9.17, 15) is 13.2 Å². The smallest absolute Gasteiger partial charge is 0.395 e. The molecule has 0 unspecified atom stereocenters. The molecule has 2 aromatic rings. The summed E-state index contributed by atoms with van der Waals surface area (Å²) in [6.45, 7) is 0.202. The molecule has 0 amide bonds. The Morgan fingerprint density at radius 3 is 2.72 bits per heavy atom. The molecule has 0 aliphatic carbocycles. The average molecular weight is 256 g/mol. The zero-order chi connectivity index (χ0) is 13.2. The highest BCUT2D eigenvalue weighted by molar-refractivity contribution is 5.57. The first-order valence-electron chi connectivity index (χ1n) is 5.32. The van der Waals surface area contributed by atoms with Gasteiger partial charge in [-0.3, -0.25) is 0 Å². The number of alkyl halides is 3. The Morgan fingerprint density at radius 1 is 1.28 bits per heavy atom. The number of hydrogen-bond acceptors (Lipinski definition) is 2. The maximum Gasteiger partial charge on any atom is 0.416 e. The van der Waals surface area contributed by atoms with E-state index in [0.29, 0.717) is 17.9 Å². The topological polar surface area (TPSA) is 38.0 Å². The van der Waals surface area contributed by atoms with Crippen molar-refractivity contribution in [2.45, 2.75) is 12.7 Å². The van der Waals surface area contributed by atoms with Gasteiger partial charge in [0.1, 0.15) is 5.82 Å². The van der Waals surface area contributed by atoms with Crippen LogP contribution in [0.2, 0.25) is 0 Å². The quantitative estimate of drug-likeness (QED) is 0.916. The summed E-state index contributed by atoms with van der Waals surface area (Å²) in [5.41, 5.74) is -0.332. The van der Waals surface area contributed by atoms with Crippen LogP contribution in [0.25, 0.3) is 11.4 Å². The van der Waals surface area contributed by atoms with Crippen LogP contribution in [-0.4, -0.2) is 21.3 Å². The summed E-state index contributed by atoms with van der Waals surface area (Å²) in [5, 5.41) is 8.86. The molecule has 96 valence electrons. The summed E-state index contributed by atoms with van der Waals surface area (Å²) >= 11 is 0. The van der Waals surface area contributed by atoms with E-state index in [1.165, 1.54) is 12.3 Å². The van der Waals surface area contributed by atoms with E-state index in [1.807, 2.05) is 0 Å². The second-order valence-electron chi connectivity index (χ2n) is 3.75. The van der Waals surface area contributed by atoms with Gasteiger partial charge in [0.25, 0.3) is 0 Å². The molecule has 3 nitrogen and oxygen atoms in total. The molecule has 1 aromatic carbocycles. The van der Waals surface area contributed by atoms with Gasteiger partial charge in [0, 0.05) is 24.5 Å². The van der Waals surface area contributed by atoms with Crippen molar-refractivity contribution in [3.63, 3.8) is 0 Å². The number of aromatic nitrogens is 2. The molecule has 0 radical (unpaired) electrons. The van der Waals surface area contributed by atoms with Gasteiger partial charge in [-0.05, 0) is 12.1 Å². The molecule has 0 aliphatic rings. The van der Waals surface area contributed by atoms with Crippen molar-refractivity contribution in [1.29, 1.82) is 0 Å². The van der Waals surface area contributed by atoms with Crippen molar-refractivity contribution in [2.24, 2.45) is 0 Å². The van der Waals surface area contributed by atoms with Gasteiger partial charge in [0.2, 0.25) is 0 Å². The molecule has 0 aliphatic heterocycles. The van der Waals surface area contributed by atoms with Crippen LogP contribution in [0.1, 0.15) is 5.56 Å². The van der Waals surface area contributed by atoms with E-state index in [0.717, 1.165) is 12.1 Å². The molecule has 0 atom stereocenters. The van der Waals surface area contributed by atoms with Crippen molar-refractivity contribution < 1.29 is 18.3 Å². The molecule has 1 N–H and O–H groups in total. The number of halogens is 3. The Bertz CT molecular complexity index is 534. The van der Waals surface area contributed by atoms with Crippen molar-refractivity contribution >= 4 is 0 Å². The fraction of sp³-hybridized carbons (Fsp3) is 0.250. The van der Waals surface area contributed by atoms with Crippen molar-refractivity contribution in [1.82, 2.24) is 9.55 Å². The third-order valence-electron chi connectivity index (χ3n) is 2.50. The predicted molar refractivity (Wildman–Crippen MR) is 59.8 cm³/mol. The minimum atomic E-state index is -4.37. The molecule has 18 heavy (non-hydrogen) atoms. The lowest BCUT2D eigenvalue weighted by molar-refractivity contribution is -0.137. The van der Waals surface area contributed by atoms with Gasteiger partial charge in [0.15, 0.2) is 0 Å². The normalized spacial score (nSPS) is 11.8. The lowest BCUT2D eigenvalue weighted by atomic mass is 10.1. The van der Waals surface area contributed by atoms with Crippen LogP contribution < -0.4 is 0 Å². The Balaban J connectivity index is 2.42. The first-order valence-corrected chi connectivity index (χ1v) is 5.32. The van der Waals surface area contributed by atoms with Gasteiger partial charge in [-0.25, -0.2) is 4.98 Å². The summed E-state index contributed by atoms with van der Waals surface area (Å²) in [4.78, 5) is 4.01.